The minimum Gasteiger partial charge on any atom is -0.463 e. The van der Waals surface area contributed by atoms with E-state index in [1.54, 1.807) is 12.3 Å². The summed E-state index contributed by atoms with van der Waals surface area (Å²) in [5, 5.41) is 11.2. The highest BCUT2D eigenvalue weighted by molar-refractivity contribution is 5.92. The Morgan fingerprint density at radius 1 is 1.06 bits per heavy atom. The molecule has 0 aliphatic carbocycles. The van der Waals surface area contributed by atoms with Crippen molar-refractivity contribution in [2.24, 2.45) is 5.92 Å². The summed E-state index contributed by atoms with van der Waals surface area (Å²) in [5.41, 5.74) is 1.07. The predicted molar refractivity (Wildman–Crippen MR) is 106 cm³/mol. The summed E-state index contributed by atoms with van der Waals surface area (Å²) in [6.45, 7) is 1.29. The van der Waals surface area contributed by atoms with Crippen LogP contribution < -0.4 is 15.0 Å². The molecule has 1 amide bonds. The molecule has 1 fully saturated rings. The lowest BCUT2D eigenvalue weighted by molar-refractivity contribution is -0.274. The van der Waals surface area contributed by atoms with E-state index in [0.717, 1.165) is 18.0 Å². The van der Waals surface area contributed by atoms with E-state index >= 15 is 0 Å². The van der Waals surface area contributed by atoms with Gasteiger partial charge in [0, 0.05) is 24.7 Å². The second-order valence-corrected chi connectivity index (χ2v) is 7.08. The smallest absolute Gasteiger partial charge is 0.463 e. The number of nitrogens with zero attached hydrogens (tertiary/aromatic N) is 3. The third-order valence-corrected chi connectivity index (χ3v) is 4.97. The molecule has 1 saturated heterocycles. The van der Waals surface area contributed by atoms with Crippen LogP contribution >= 0.6 is 0 Å². The fraction of sp³-hybridized carbons (Fsp3) is 0.286. The zero-order valence-corrected chi connectivity index (χ0v) is 16.3. The molecule has 3 aromatic rings. The van der Waals surface area contributed by atoms with Gasteiger partial charge in [-0.05, 0) is 61.4 Å². The summed E-state index contributed by atoms with van der Waals surface area (Å²) in [7, 11) is 0. The van der Waals surface area contributed by atoms with Crippen molar-refractivity contribution >= 4 is 17.4 Å². The van der Waals surface area contributed by atoms with Gasteiger partial charge in [0.25, 0.3) is 0 Å². The number of benzene rings is 1. The van der Waals surface area contributed by atoms with Crippen LogP contribution in [0.2, 0.25) is 0 Å². The average Bonchev–Trinajstić information content (AvgIpc) is 3.29. The van der Waals surface area contributed by atoms with Crippen molar-refractivity contribution < 1.29 is 27.1 Å². The van der Waals surface area contributed by atoms with E-state index in [4.69, 9.17) is 4.42 Å². The van der Waals surface area contributed by atoms with E-state index in [1.807, 2.05) is 18.2 Å². The van der Waals surface area contributed by atoms with Crippen LogP contribution in [0.1, 0.15) is 12.8 Å². The molecule has 0 radical (unpaired) electrons. The van der Waals surface area contributed by atoms with Crippen LogP contribution in [0.5, 0.6) is 5.75 Å². The van der Waals surface area contributed by atoms with Crippen molar-refractivity contribution in [3.8, 4) is 17.2 Å². The zero-order chi connectivity index (χ0) is 21.8. The van der Waals surface area contributed by atoms with Crippen molar-refractivity contribution in [3.05, 3.63) is 54.8 Å². The summed E-state index contributed by atoms with van der Waals surface area (Å²) >= 11 is 0. The predicted octanol–water partition coefficient (Wildman–Crippen LogP) is 4.49. The maximum absolute atomic E-state index is 12.5. The van der Waals surface area contributed by atoms with Crippen LogP contribution in [0, 0.1) is 5.92 Å². The minimum absolute atomic E-state index is 0.164. The number of nitrogens with one attached hydrogen (secondary N) is 1. The summed E-state index contributed by atoms with van der Waals surface area (Å²) in [4.78, 5) is 14.6. The van der Waals surface area contributed by atoms with Gasteiger partial charge in [-0.15, -0.1) is 23.4 Å². The number of carbonyl (C=O) groups is 1. The maximum Gasteiger partial charge on any atom is 0.573 e. The third-order valence-electron chi connectivity index (χ3n) is 4.97. The van der Waals surface area contributed by atoms with Gasteiger partial charge in [-0.3, -0.25) is 4.79 Å². The first-order valence-electron chi connectivity index (χ1n) is 9.66. The molecule has 2 aromatic heterocycles. The Bertz CT molecular complexity index is 998. The van der Waals surface area contributed by atoms with Crippen LogP contribution in [-0.4, -0.2) is 35.6 Å². The molecule has 0 spiro atoms. The molecule has 0 saturated carbocycles. The number of ether oxygens (including phenoxy) is 1. The van der Waals surface area contributed by atoms with Crippen molar-refractivity contribution in [3.63, 3.8) is 0 Å². The van der Waals surface area contributed by atoms with E-state index < -0.39 is 6.36 Å². The maximum atomic E-state index is 12.5. The number of alkyl halides is 3. The van der Waals surface area contributed by atoms with Crippen molar-refractivity contribution in [1.82, 2.24) is 10.2 Å². The Hall–Kier alpha value is -3.56. The normalized spacial score (nSPS) is 15.0. The highest BCUT2D eigenvalue weighted by Crippen LogP contribution is 2.26. The molecular weight excluding hydrogens is 413 g/mol. The number of anilines is 2. The van der Waals surface area contributed by atoms with E-state index in [0.29, 0.717) is 43.1 Å². The molecule has 31 heavy (non-hydrogen) atoms. The van der Waals surface area contributed by atoms with E-state index in [1.165, 1.54) is 12.1 Å². The number of halogens is 3. The number of amides is 1. The Balaban J connectivity index is 1.29. The summed E-state index contributed by atoms with van der Waals surface area (Å²) in [6, 6.07) is 12.4. The average molecular weight is 432 g/mol. The van der Waals surface area contributed by atoms with E-state index in [-0.39, 0.29) is 17.6 Å². The van der Waals surface area contributed by atoms with Gasteiger partial charge < -0.3 is 19.4 Å². The molecule has 0 bridgehead atoms. The van der Waals surface area contributed by atoms with Crippen molar-refractivity contribution in [2.75, 3.05) is 23.3 Å². The second-order valence-electron chi connectivity index (χ2n) is 7.08. The SMILES string of the molecule is O=C(Nc1ccc(OC(F)(F)F)cc1)C1CCN(c2ccc(-c3ccco3)nn2)CC1. The van der Waals surface area contributed by atoms with Gasteiger partial charge in [0.15, 0.2) is 11.6 Å². The number of furan rings is 1. The van der Waals surface area contributed by atoms with E-state index in [9.17, 15) is 18.0 Å². The fourth-order valence-corrected chi connectivity index (χ4v) is 3.40. The topological polar surface area (TPSA) is 80.5 Å². The molecule has 1 aliphatic rings. The highest BCUT2D eigenvalue weighted by Gasteiger charge is 2.31. The number of hydrogen-bond acceptors (Lipinski definition) is 6. The Morgan fingerprint density at radius 2 is 1.81 bits per heavy atom. The molecular formula is C21H19F3N4O3. The fourth-order valence-electron chi connectivity index (χ4n) is 3.40. The largest absolute Gasteiger partial charge is 0.573 e. The van der Waals surface area contributed by atoms with Crippen LogP contribution in [0.15, 0.2) is 59.2 Å². The van der Waals surface area contributed by atoms with Crippen LogP contribution in [-0.2, 0) is 4.79 Å². The zero-order valence-electron chi connectivity index (χ0n) is 16.3. The molecule has 1 aliphatic heterocycles. The lowest BCUT2D eigenvalue weighted by Crippen LogP contribution is -2.38. The molecule has 10 heteroatoms. The van der Waals surface area contributed by atoms with Crippen molar-refractivity contribution in [1.29, 1.82) is 0 Å². The highest BCUT2D eigenvalue weighted by atomic mass is 19.4. The van der Waals surface area contributed by atoms with Gasteiger partial charge in [-0.1, -0.05) is 0 Å². The van der Waals surface area contributed by atoms with Gasteiger partial charge in [0.05, 0.1) is 6.26 Å². The second kappa shape index (κ2) is 8.66. The lowest BCUT2D eigenvalue weighted by Gasteiger charge is -2.31. The minimum atomic E-state index is -4.75. The van der Waals surface area contributed by atoms with Crippen LogP contribution in [0.4, 0.5) is 24.7 Å². The first kappa shape index (κ1) is 20.7. The lowest BCUT2D eigenvalue weighted by atomic mass is 9.96. The Kier molecular flexibility index (Phi) is 5.79. The Labute approximate surface area is 175 Å². The molecule has 4 rings (SSSR count). The quantitative estimate of drug-likeness (QED) is 0.640. The Morgan fingerprint density at radius 3 is 2.39 bits per heavy atom. The molecule has 1 aromatic carbocycles. The molecule has 1 N–H and O–H groups in total. The number of piperidine rings is 1. The van der Waals surface area contributed by atoms with Crippen molar-refractivity contribution in [2.45, 2.75) is 19.2 Å². The third kappa shape index (κ3) is 5.33. The van der Waals surface area contributed by atoms with Gasteiger partial charge in [0.1, 0.15) is 11.4 Å². The van der Waals surface area contributed by atoms with Crippen LogP contribution in [0.3, 0.4) is 0 Å². The number of hydrogen-bond donors (Lipinski definition) is 1. The molecule has 0 atom stereocenters. The summed E-state index contributed by atoms with van der Waals surface area (Å²) in [5.74, 6) is 0.681. The first-order chi connectivity index (χ1) is 14.9. The van der Waals surface area contributed by atoms with Gasteiger partial charge in [-0.2, -0.15) is 0 Å². The van der Waals surface area contributed by atoms with Crippen LogP contribution in [0.25, 0.3) is 11.5 Å². The molecule has 162 valence electrons. The van der Waals surface area contributed by atoms with Gasteiger partial charge >= 0.3 is 6.36 Å². The standard InChI is InChI=1S/C21H19F3N4O3/c22-21(23,24)31-16-5-3-15(4-6-16)25-20(29)14-9-11-28(12-10-14)19-8-7-17(26-27-19)18-2-1-13-30-18/h1-8,13-14H,9-12H2,(H,25,29). The number of carbonyl (C=O) groups excluding carboxylic acids is 1. The number of rotatable bonds is 5. The van der Waals surface area contributed by atoms with Gasteiger partial charge in [-0.25, -0.2) is 0 Å². The first-order valence-corrected chi connectivity index (χ1v) is 9.66. The molecule has 0 unspecified atom stereocenters. The summed E-state index contributed by atoms with van der Waals surface area (Å²) in [6.07, 6.45) is -1.92. The molecule has 7 nitrogen and oxygen atoms in total. The summed E-state index contributed by atoms with van der Waals surface area (Å²) < 4.78 is 45.8. The number of aromatic nitrogens is 2. The van der Waals surface area contributed by atoms with Gasteiger partial charge in [0.2, 0.25) is 5.91 Å². The van der Waals surface area contributed by atoms with E-state index in [2.05, 4.69) is 25.2 Å². The molecule has 3 heterocycles. The monoisotopic (exact) mass is 432 g/mol.